The Morgan fingerprint density at radius 3 is 2.88 bits per heavy atom. The zero-order valence-electron chi connectivity index (χ0n) is 14.3. The van der Waals surface area contributed by atoms with Gasteiger partial charge in [-0.05, 0) is 44.4 Å². The first-order chi connectivity index (χ1) is 12.0. The van der Waals surface area contributed by atoms with Crippen molar-refractivity contribution in [3.8, 4) is 16.9 Å². The Morgan fingerprint density at radius 1 is 1.24 bits per heavy atom. The Hall–Kier alpha value is -2.69. The minimum Gasteiger partial charge on any atom is -0.487 e. The van der Waals surface area contributed by atoms with Crippen LogP contribution in [0.15, 0.2) is 30.6 Å². The number of H-pyrrole nitrogens is 1. The van der Waals surface area contributed by atoms with Gasteiger partial charge in [-0.25, -0.2) is 9.97 Å². The first kappa shape index (κ1) is 14.6. The van der Waals surface area contributed by atoms with Gasteiger partial charge < -0.3 is 9.72 Å². The number of nitrogens with zero attached hydrogens (tertiary/aromatic N) is 2. The Kier molecular flexibility index (Phi) is 2.87. The summed E-state index contributed by atoms with van der Waals surface area (Å²) in [5.41, 5.74) is 3.08. The van der Waals surface area contributed by atoms with Gasteiger partial charge in [-0.15, -0.1) is 0 Å². The number of aromatic nitrogens is 3. The minimum atomic E-state index is -0.467. The van der Waals surface area contributed by atoms with E-state index in [1.807, 2.05) is 44.4 Å². The highest BCUT2D eigenvalue weighted by Gasteiger charge is 2.32. The van der Waals surface area contributed by atoms with Gasteiger partial charge in [0.05, 0.1) is 12.0 Å². The molecule has 1 fully saturated rings. The van der Waals surface area contributed by atoms with E-state index >= 15 is 0 Å². The summed E-state index contributed by atoms with van der Waals surface area (Å²) in [7, 11) is 0. The molecule has 0 radical (unpaired) electrons. The van der Waals surface area contributed by atoms with Gasteiger partial charge in [0.15, 0.2) is 5.78 Å². The lowest BCUT2D eigenvalue weighted by Gasteiger charge is -2.31. The number of hydrogen-bond donors (Lipinski definition) is 1. The first-order valence-corrected chi connectivity index (χ1v) is 8.71. The summed E-state index contributed by atoms with van der Waals surface area (Å²) in [5, 5.41) is 0.991. The third-order valence-corrected chi connectivity index (χ3v) is 4.96. The van der Waals surface area contributed by atoms with Gasteiger partial charge in [-0.3, -0.25) is 4.79 Å². The average Bonchev–Trinajstić information content (AvgIpc) is 3.32. The van der Waals surface area contributed by atoms with Gasteiger partial charge in [-0.1, -0.05) is 6.07 Å². The molecule has 0 bridgehead atoms. The molecule has 1 aliphatic heterocycles. The summed E-state index contributed by atoms with van der Waals surface area (Å²) in [6.07, 6.45) is 6.63. The van der Waals surface area contributed by atoms with E-state index in [9.17, 15) is 4.79 Å². The number of fused-ring (bicyclic) bond motifs is 2. The highest BCUT2D eigenvalue weighted by Crippen LogP contribution is 2.40. The van der Waals surface area contributed by atoms with Crippen molar-refractivity contribution >= 4 is 16.8 Å². The predicted octanol–water partition coefficient (Wildman–Crippen LogP) is 4.25. The van der Waals surface area contributed by atoms with Crippen LogP contribution in [-0.2, 0) is 0 Å². The number of ketones is 1. The molecular formula is C20H19N3O2. The fourth-order valence-corrected chi connectivity index (χ4v) is 3.52. The van der Waals surface area contributed by atoms with Gasteiger partial charge in [-0.2, -0.15) is 0 Å². The molecule has 2 aromatic heterocycles. The maximum Gasteiger partial charge on any atom is 0.170 e. The van der Waals surface area contributed by atoms with Crippen LogP contribution in [0.4, 0.5) is 0 Å². The van der Waals surface area contributed by atoms with Crippen molar-refractivity contribution in [1.29, 1.82) is 0 Å². The summed E-state index contributed by atoms with van der Waals surface area (Å²) in [5.74, 6) is 2.25. The zero-order valence-corrected chi connectivity index (χ0v) is 14.3. The van der Waals surface area contributed by atoms with E-state index in [0.29, 0.717) is 23.7 Å². The lowest BCUT2D eigenvalue weighted by Crippen LogP contribution is -2.35. The smallest absolute Gasteiger partial charge is 0.170 e. The number of hydrogen-bond acceptors (Lipinski definition) is 4. The molecule has 3 heterocycles. The van der Waals surface area contributed by atoms with Crippen molar-refractivity contribution < 1.29 is 9.53 Å². The molecule has 0 unspecified atom stereocenters. The highest BCUT2D eigenvalue weighted by molar-refractivity contribution is 6.01. The number of benzene rings is 1. The van der Waals surface area contributed by atoms with E-state index in [1.165, 1.54) is 12.8 Å². The summed E-state index contributed by atoms with van der Waals surface area (Å²) in [6.45, 7) is 3.89. The SMILES string of the molecule is CC1(C)CC(=O)c2ccc(-c3c[nH]c4nc(C5CC5)ncc34)cc2O1. The maximum absolute atomic E-state index is 12.3. The second kappa shape index (κ2) is 4.91. The number of ether oxygens (including phenoxy) is 1. The largest absolute Gasteiger partial charge is 0.487 e. The van der Waals surface area contributed by atoms with Crippen LogP contribution >= 0.6 is 0 Å². The van der Waals surface area contributed by atoms with E-state index in [0.717, 1.165) is 28.0 Å². The lowest BCUT2D eigenvalue weighted by molar-refractivity contribution is 0.0620. The molecule has 0 atom stereocenters. The fraction of sp³-hybridized carbons (Fsp3) is 0.350. The summed E-state index contributed by atoms with van der Waals surface area (Å²) >= 11 is 0. The summed E-state index contributed by atoms with van der Waals surface area (Å²) in [4.78, 5) is 24.8. The molecule has 1 saturated carbocycles. The minimum absolute atomic E-state index is 0.133. The molecule has 25 heavy (non-hydrogen) atoms. The molecule has 2 aliphatic rings. The Balaban J connectivity index is 1.60. The molecule has 0 spiro atoms. The van der Waals surface area contributed by atoms with E-state index < -0.39 is 5.60 Å². The standard InChI is InChI=1S/C20H19N3O2/c1-20(2)8-16(24)13-6-5-12(7-17(13)25-20)14-9-22-19-15(14)10-21-18(23-19)11-3-4-11/h5-7,9-11H,3-4,8H2,1-2H3,(H,21,22,23). The number of Topliss-reactive ketones (excluding diaryl/α,β-unsaturated/α-hetero) is 1. The molecule has 0 saturated heterocycles. The molecule has 0 amide bonds. The fourth-order valence-electron chi connectivity index (χ4n) is 3.52. The highest BCUT2D eigenvalue weighted by atomic mass is 16.5. The second-order valence-electron chi connectivity index (χ2n) is 7.64. The van der Waals surface area contributed by atoms with Crippen LogP contribution in [-0.4, -0.2) is 26.3 Å². The topological polar surface area (TPSA) is 67.9 Å². The molecule has 1 aromatic carbocycles. The van der Waals surface area contributed by atoms with Crippen LogP contribution < -0.4 is 4.74 Å². The predicted molar refractivity (Wildman–Crippen MR) is 95.0 cm³/mol. The molecule has 5 nitrogen and oxygen atoms in total. The monoisotopic (exact) mass is 333 g/mol. The van der Waals surface area contributed by atoms with E-state index in [1.54, 1.807) is 0 Å². The van der Waals surface area contributed by atoms with Crippen molar-refractivity contribution in [2.45, 2.75) is 44.6 Å². The number of aromatic amines is 1. The Labute approximate surface area is 145 Å². The van der Waals surface area contributed by atoms with Gasteiger partial charge in [0.1, 0.15) is 22.8 Å². The third kappa shape index (κ3) is 2.42. The van der Waals surface area contributed by atoms with Crippen molar-refractivity contribution in [2.75, 3.05) is 0 Å². The number of carbonyl (C=O) groups is 1. The normalized spacial score (nSPS) is 18.9. The van der Waals surface area contributed by atoms with Crippen LogP contribution in [0.3, 0.4) is 0 Å². The summed E-state index contributed by atoms with van der Waals surface area (Å²) in [6, 6.07) is 5.78. The molecule has 5 heteroatoms. The number of rotatable bonds is 2. The molecule has 126 valence electrons. The van der Waals surface area contributed by atoms with Crippen LogP contribution in [0.1, 0.15) is 55.2 Å². The first-order valence-electron chi connectivity index (χ1n) is 8.71. The quantitative estimate of drug-likeness (QED) is 0.761. The maximum atomic E-state index is 12.3. The molecule has 1 N–H and O–H groups in total. The van der Waals surface area contributed by atoms with Crippen LogP contribution in [0.25, 0.3) is 22.2 Å². The molecule has 1 aliphatic carbocycles. The average molecular weight is 333 g/mol. The Morgan fingerprint density at radius 2 is 2.08 bits per heavy atom. The van der Waals surface area contributed by atoms with Crippen molar-refractivity contribution in [3.63, 3.8) is 0 Å². The lowest BCUT2D eigenvalue weighted by atomic mass is 9.91. The van der Waals surface area contributed by atoms with E-state index in [4.69, 9.17) is 4.74 Å². The van der Waals surface area contributed by atoms with Gasteiger partial charge in [0.2, 0.25) is 0 Å². The van der Waals surface area contributed by atoms with E-state index in [-0.39, 0.29) is 5.78 Å². The van der Waals surface area contributed by atoms with Gasteiger partial charge in [0, 0.05) is 29.3 Å². The number of carbonyl (C=O) groups excluding carboxylic acids is 1. The van der Waals surface area contributed by atoms with Crippen molar-refractivity contribution in [2.24, 2.45) is 0 Å². The Bertz CT molecular complexity index is 1010. The van der Waals surface area contributed by atoms with Gasteiger partial charge in [0.25, 0.3) is 0 Å². The zero-order chi connectivity index (χ0) is 17.2. The van der Waals surface area contributed by atoms with Gasteiger partial charge >= 0.3 is 0 Å². The van der Waals surface area contributed by atoms with Crippen LogP contribution in [0.5, 0.6) is 5.75 Å². The summed E-state index contributed by atoms with van der Waals surface area (Å²) < 4.78 is 6.04. The van der Waals surface area contributed by atoms with E-state index in [2.05, 4.69) is 15.0 Å². The van der Waals surface area contributed by atoms with Crippen LogP contribution in [0.2, 0.25) is 0 Å². The molecule has 5 rings (SSSR count). The van der Waals surface area contributed by atoms with Crippen LogP contribution in [0, 0.1) is 0 Å². The van der Waals surface area contributed by atoms with Crippen molar-refractivity contribution in [3.05, 3.63) is 42.0 Å². The molecular weight excluding hydrogens is 314 g/mol. The second-order valence-corrected chi connectivity index (χ2v) is 7.64. The molecule has 3 aromatic rings. The third-order valence-electron chi connectivity index (χ3n) is 4.96. The van der Waals surface area contributed by atoms with Crippen molar-refractivity contribution in [1.82, 2.24) is 15.0 Å². The number of nitrogens with one attached hydrogen (secondary N) is 1.